The maximum Gasteiger partial charge on any atom is 0.123 e. The average Bonchev–Trinajstić information content (AvgIpc) is 2.81. The number of nitrogens with zero attached hydrogens (tertiary/aromatic N) is 1. The molecule has 1 N–H and O–H groups in total. The Labute approximate surface area is 112 Å². The second kappa shape index (κ2) is 5.31. The van der Waals surface area contributed by atoms with E-state index in [1.54, 1.807) is 12.1 Å². The van der Waals surface area contributed by atoms with Crippen molar-refractivity contribution in [2.45, 2.75) is 25.4 Å². The molecule has 102 valence electrons. The molecule has 2 heterocycles. The first kappa shape index (κ1) is 12.6. The number of nitrogens with one attached hydrogen (secondary N) is 1. The Morgan fingerprint density at radius 2 is 2.11 bits per heavy atom. The van der Waals surface area contributed by atoms with E-state index in [0.29, 0.717) is 6.04 Å². The number of ether oxygens (including phenoxy) is 1. The number of H-pyrrole nitrogens is 1. The van der Waals surface area contributed by atoms with Crippen LogP contribution in [0.5, 0.6) is 0 Å². The molecule has 0 amide bonds. The van der Waals surface area contributed by atoms with E-state index in [0.717, 1.165) is 49.2 Å². The van der Waals surface area contributed by atoms with Crippen LogP contribution < -0.4 is 0 Å². The van der Waals surface area contributed by atoms with E-state index in [1.165, 1.54) is 6.07 Å². The van der Waals surface area contributed by atoms with Crippen LogP contribution in [-0.2, 0) is 11.3 Å². The zero-order chi connectivity index (χ0) is 13.2. The first-order valence-corrected chi connectivity index (χ1v) is 6.77. The highest BCUT2D eigenvalue weighted by Crippen LogP contribution is 2.20. The van der Waals surface area contributed by atoms with Gasteiger partial charge in [0.2, 0.25) is 0 Å². The summed E-state index contributed by atoms with van der Waals surface area (Å²) in [4.78, 5) is 5.70. The van der Waals surface area contributed by atoms with Crippen LogP contribution in [-0.4, -0.2) is 36.2 Å². The summed E-state index contributed by atoms with van der Waals surface area (Å²) in [5.41, 5.74) is 2.13. The highest BCUT2D eigenvalue weighted by molar-refractivity contribution is 5.80. The lowest BCUT2D eigenvalue weighted by molar-refractivity contribution is 0.0404. The number of hydrogen-bond donors (Lipinski definition) is 1. The summed E-state index contributed by atoms with van der Waals surface area (Å²) < 4.78 is 18.5. The normalized spacial score (nSPS) is 17.4. The van der Waals surface area contributed by atoms with E-state index in [1.807, 2.05) is 6.07 Å². The molecule has 0 radical (unpaired) electrons. The molecule has 1 aliphatic heterocycles. The lowest BCUT2D eigenvalue weighted by Gasteiger charge is -2.30. The topological polar surface area (TPSA) is 28.3 Å². The molecule has 1 fully saturated rings. The smallest absolute Gasteiger partial charge is 0.123 e. The minimum Gasteiger partial charge on any atom is -0.381 e. The number of halogens is 1. The van der Waals surface area contributed by atoms with Crippen molar-refractivity contribution in [1.82, 2.24) is 9.88 Å². The Balaban J connectivity index is 1.73. The third-order valence-corrected chi connectivity index (χ3v) is 3.87. The number of fused-ring (bicyclic) bond motifs is 1. The summed E-state index contributed by atoms with van der Waals surface area (Å²) >= 11 is 0. The van der Waals surface area contributed by atoms with E-state index in [-0.39, 0.29) is 5.82 Å². The fourth-order valence-electron chi connectivity index (χ4n) is 2.77. The molecule has 1 aromatic carbocycles. The Kier molecular flexibility index (Phi) is 3.53. The second-order valence-corrected chi connectivity index (χ2v) is 5.28. The van der Waals surface area contributed by atoms with Crippen LogP contribution in [0.3, 0.4) is 0 Å². The highest BCUT2D eigenvalue weighted by atomic mass is 19.1. The van der Waals surface area contributed by atoms with Crippen molar-refractivity contribution in [3.63, 3.8) is 0 Å². The minimum absolute atomic E-state index is 0.184. The molecule has 1 aromatic heterocycles. The van der Waals surface area contributed by atoms with Gasteiger partial charge in [-0.1, -0.05) is 0 Å². The van der Waals surface area contributed by atoms with Crippen LogP contribution in [0.15, 0.2) is 24.3 Å². The van der Waals surface area contributed by atoms with Gasteiger partial charge in [0.05, 0.1) is 0 Å². The number of benzene rings is 1. The summed E-state index contributed by atoms with van der Waals surface area (Å²) in [7, 11) is 2.14. The van der Waals surface area contributed by atoms with E-state index < -0.39 is 0 Å². The van der Waals surface area contributed by atoms with Gasteiger partial charge in [0, 0.05) is 42.4 Å². The average molecular weight is 262 g/mol. The fraction of sp³-hybridized carbons (Fsp3) is 0.467. The van der Waals surface area contributed by atoms with Gasteiger partial charge in [-0.2, -0.15) is 0 Å². The molecule has 3 rings (SSSR count). The fourth-order valence-corrected chi connectivity index (χ4v) is 2.77. The van der Waals surface area contributed by atoms with Crippen molar-refractivity contribution >= 4 is 10.9 Å². The summed E-state index contributed by atoms with van der Waals surface area (Å²) in [5, 5.41) is 0.940. The first-order chi connectivity index (χ1) is 9.22. The SMILES string of the molecule is CN(Cc1cc2cc(F)ccc2[nH]1)C1CCOCC1. The Bertz CT molecular complexity index is 560. The zero-order valence-corrected chi connectivity index (χ0v) is 11.2. The van der Waals surface area contributed by atoms with Gasteiger partial charge in [0.1, 0.15) is 5.82 Å². The van der Waals surface area contributed by atoms with Crippen molar-refractivity contribution in [3.8, 4) is 0 Å². The molecule has 2 aromatic rings. The largest absolute Gasteiger partial charge is 0.381 e. The van der Waals surface area contributed by atoms with Gasteiger partial charge in [-0.3, -0.25) is 4.90 Å². The van der Waals surface area contributed by atoms with Crippen LogP contribution >= 0.6 is 0 Å². The Morgan fingerprint density at radius 1 is 1.32 bits per heavy atom. The summed E-state index contributed by atoms with van der Waals surface area (Å²) in [6, 6.07) is 7.47. The third kappa shape index (κ3) is 2.80. The first-order valence-electron chi connectivity index (χ1n) is 6.77. The van der Waals surface area contributed by atoms with Crippen molar-refractivity contribution in [2.24, 2.45) is 0 Å². The predicted molar refractivity (Wildman–Crippen MR) is 73.6 cm³/mol. The Morgan fingerprint density at radius 3 is 2.89 bits per heavy atom. The molecule has 3 nitrogen and oxygen atoms in total. The van der Waals surface area contributed by atoms with Gasteiger partial charge in [0.15, 0.2) is 0 Å². The van der Waals surface area contributed by atoms with Crippen LogP contribution in [0.25, 0.3) is 10.9 Å². The van der Waals surface area contributed by atoms with E-state index >= 15 is 0 Å². The highest BCUT2D eigenvalue weighted by Gasteiger charge is 2.18. The van der Waals surface area contributed by atoms with Crippen molar-refractivity contribution in [3.05, 3.63) is 35.8 Å². The molecule has 0 spiro atoms. The van der Waals surface area contributed by atoms with Crippen LogP contribution in [0.4, 0.5) is 4.39 Å². The Hall–Kier alpha value is -1.39. The van der Waals surface area contributed by atoms with Gasteiger partial charge in [-0.05, 0) is 44.2 Å². The van der Waals surface area contributed by atoms with Crippen LogP contribution in [0.2, 0.25) is 0 Å². The van der Waals surface area contributed by atoms with Crippen molar-refractivity contribution in [1.29, 1.82) is 0 Å². The minimum atomic E-state index is -0.184. The van der Waals surface area contributed by atoms with Crippen molar-refractivity contribution < 1.29 is 9.13 Å². The van der Waals surface area contributed by atoms with E-state index in [9.17, 15) is 4.39 Å². The van der Waals surface area contributed by atoms with Crippen LogP contribution in [0.1, 0.15) is 18.5 Å². The van der Waals surface area contributed by atoms with Gasteiger partial charge >= 0.3 is 0 Å². The van der Waals surface area contributed by atoms with Crippen molar-refractivity contribution in [2.75, 3.05) is 20.3 Å². The zero-order valence-electron chi connectivity index (χ0n) is 11.2. The standard InChI is InChI=1S/C15H19FN2O/c1-18(14-4-6-19-7-5-14)10-13-9-11-8-12(16)2-3-15(11)17-13/h2-3,8-9,14,17H,4-7,10H2,1H3. The molecule has 4 heteroatoms. The maximum atomic E-state index is 13.2. The molecule has 1 saturated heterocycles. The summed E-state index contributed by atoms with van der Waals surface area (Å²) in [6.07, 6.45) is 2.18. The van der Waals surface area contributed by atoms with E-state index in [2.05, 4.69) is 16.9 Å². The van der Waals surface area contributed by atoms with E-state index in [4.69, 9.17) is 4.74 Å². The molecule has 0 unspecified atom stereocenters. The molecule has 0 atom stereocenters. The molecule has 0 bridgehead atoms. The van der Waals surface area contributed by atoms with Gasteiger partial charge in [-0.15, -0.1) is 0 Å². The third-order valence-electron chi connectivity index (χ3n) is 3.87. The van der Waals surface area contributed by atoms with Gasteiger partial charge < -0.3 is 9.72 Å². The molecule has 19 heavy (non-hydrogen) atoms. The summed E-state index contributed by atoms with van der Waals surface area (Å²) in [6.45, 7) is 2.57. The molecule has 0 aliphatic carbocycles. The number of aromatic nitrogens is 1. The number of rotatable bonds is 3. The summed E-state index contributed by atoms with van der Waals surface area (Å²) in [5.74, 6) is -0.184. The molecule has 1 aliphatic rings. The molecular formula is C15H19FN2O. The van der Waals surface area contributed by atoms with Gasteiger partial charge in [0.25, 0.3) is 0 Å². The van der Waals surface area contributed by atoms with Crippen LogP contribution in [0, 0.1) is 5.82 Å². The quantitative estimate of drug-likeness (QED) is 0.921. The number of hydrogen-bond acceptors (Lipinski definition) is 2. The lowest BCUT2D eigenvalue weighted by Crippen LogP contribution is -2.36. The second-order valence-electron chi connectivity index (χ2n) is 5.28. The maximum absolute atomic E-state index is 13.2. The van der Waals surface area contributed by atoms with Gasteiger partial charge in [-0.25, -0.2) is 4.39 Å². The number of aromatic amines is 1. The predicted octanol–water partition coefficient (Wildman–Crippen LogP) is 2.92. The lowest BCUT2D eigenvalue weighted by atomic mass is 10.1. The molecule has 0 saturated carbocycles. The molecular weight excluding hydrogens is 243 g/mol. The monoisotopic (exact) mass is 262 g/mol.